The largest absolute Gasteiger partial charge is 0.469 e. The van der Waals surface area contributed by atoms with Crippen LogP contribution in [0.1, 0.15) is 48.0 Å². The molecule has 43 heavy (non-hydrogen) atoms. The van der Waals surface area contributed by atoms with Crippen molar-refractivity contribution in [1.29, 1.82) is 0 Å². The third kappa shape index (κ3) is 6.83. The van der Waals surface area contributed by atoms with Crippen molar-refractivity contribution < 1.29 is 37.0 Å². The van der Waals surface area contributed by atoms with Gasteiger partial charge < -0.3 is 24.3 Å². The quantitative estimate of drug-likeness (QED) is 0.332. The Hall–Kier alpha value is -3.57. The number of amides is 2. The summed E-state index contributed by atoms with van der Waals surface area (Å²) in [5.41, 5.74) is 0.797. The number of aromatic nitrogens is 1. The maximum Gasteiger partial charge on any atom is 0.308 e. The lowest BCUT2D eigenvalue weighted by atomic mass is 9.87. The lowest BCUT2D eigenvalue weighted by Gasteiger charge is -2.30. The number of hydrogen-bond acceptors (Lipinski definition) is 5. The number of benzene rings is 2. The summed E-state index contributed by atoms with van der Waals surface area (Å²) in [6.45, 7) is 0.0368. The molecule has 2 aliphatic rings. The van der Waals surface area contributed by atoms with Gasteiger partial charge in [-0.25, -0.2) is 13.2 Å². The zero-order valence-electron chi connectivity index (χ0n) is 23.9. The van der Waals surface area contributed by atoms with E-state index in [4.69, 9.17) is 21.1 Å². The Morgan fingerprint density at radius 3 is 2.56 bits per heavy atom. The van der Waals surface area contributed by atoms with Gasteiger partial charge in [0.25, 0.3) is 5.91 Å². The number of fused-ring (bicyclic) bond motifs is 1. The molecule has 8 nitrogen and oxygen atoms in total. The molecule has 12 heteroatoms. The van der Waals surface area contributed by atoms with Crippen LogP contribution in [0.2, 0.25) is 5.02 Å². The third-order valence-corrected chi connectivity index (χ3v) is 8.65. The van der Waals surface area contributed by atoms with E-state index in [1.807, 2.05) is 0 Å². The van der Waals surface area contributed by atoms with Gasteiger partial charge in [0.15, 0.2) is 0 Å². The van der Waals surface area contributed by atoms with E-state index in [-0.39, 0.29) is 65.8 Å². The number of carbonyl (C=O) groups is 3. The maximum atomic E-state index is 15.2. The van der Waals surface area contributed by atoms with Gasteiger partial charge in [0.05, 0.1) is 66.5 Å². The van der Waals surface area contributed by atoms with Crippen LogP contribution in [0.25, 0.3) is 10.9 Å². The summed E-state index contributed by atoms with van der Waals surface area (Å²) in [6, 6.07) is 5.87. The third-order valence-electron chi connectivity index (χ3n) is 8.34. The number of likely N-dealkylation sites (tertiary alicyclic amines) is 1. The molecular weight excluding hydrogens is 587 g/mol. The molecule has 1 saturated carbocycles. The molecule has 0 bridgehead atoms. The van der Waals surface area contributed by atoms with E-state index in [0.29, 0.717) is 36.6 Å². The highest BCUT2D eigenvalue weighted by atomic mass is 35.5. The van der Waals surface area contributed by atoms with Crippen molar-refractivity contribution in [3.63, 3.8) is 0 Å². The lowest BCUT2D eigenvalue weighted by molar-refractivity contribution is -0.148. The molecule has 2 atom stereocenters. The Morgan fingerprint density at radius 2 is 1.84 bits per heavy atom. The van der Waals surface area contributed by atoms with Crippen molar-refractivity contribution in [3.05, 3.63) is 64.3 Å². The van der Waals surface area contributed by atoms with Gasteiger partial charge in [-0.15, -0.1) is 0 Å². The minimum Gasteiger partial charge on any atom is -0.469 e. The van der Waals surface area contributed by atoms with Crippen LogP contribution >= 0.6 is 11.6 Å². The highest BCUT2D eigenvalue weighted by molar-refractivity contribution is 6.34. The van der Waals surface area contributed by atoms with Crippen molar-refractivity contribution in [3.8, 4) is 0 Å². The molecule has 0 unspecified atom stereocenters. The van der Waals surface area contributed by atoms with E-state index in [2.05, 4.69) is 5.32 Å². The Bertz CT molecular complexity index is 1540. The predicted molar refractivity (Wildman–Crippen MR) is 155 cm³/mol. The molecule has 2 fully saturated rings. The number of anilines is 1. The number of methoxy groups -OCH3 is 1. The molecular formula is C31H33ClF3N3O5. The molecule has 0 spiro atoms. The molecule has 1 aliphatic carbocycles. The SMILES string of the molecule is COC(=O)[C@H]1CC[C@H](OC[C@@H]2C[C@H](F)CN2C(=O)Cc2cc(Cl)c(NC(=O)c3cn(C)c4cc(F)ccc34)cc2F)CC1. The maximum absolute atomic E-state index is 15.2. The number of nitrogens with zero attached hydrogens (tertiary/aromatic N) is 2. The van der Waals surface area contributed by atoms with Crippen LogP contribution < -0.4 is 5.32 Å². The van der Waals surface area contributed by atoms with Gasteiger partial charge in [-0.3, -0.25) is 14.4 Å². The molecule has 3 aromatic rings. The number of rotatable bonds is 8. The van der Waals surface area contributed by atoms with Crippen molar-refractivity contribution in [2.45, 2.75) is 56.8 Å². The first-order chi connectivity index (χ1) is 20.5. The first-order valence-electron chi connectivity index (χ1n) is 14.2. The molecule has 1 saturated heterocycles. The summed E-state index contributed by atoms with van der Waals surface area (Å²) < 4.78 is 55.6. The summed E-state index contributed by atoms with van der Waals surface area (Å²) in [4.78, 5) is 39.3. The number of alkyl halides is 1. The number of esters is 1. The summed E-state index contributed by atoms with van der Waals surface area (Å²) in [5, 5.41) is 3.13. The van der Waals surface area contributed by atoms with Gasteiger partial charge in [0.1, 0.15) is 17.8 Å². The van der Waals surface area contributed by atoms with E-state index in [0.717, 1.165) is 6.07 Å². The predicted octanol–water partition coefficient (Wildman–Crippen LogP) is 5.59. The second-order valence-corrected chi connectivity index (χ2v) is 11.6. The average Bonchev–Trinajstić information content (AvgIpc) is 3.53. The Kier molecular flexibility index (Phi) is 9.31. The molecule has 1 N–H and O–H groups in total. The fourth-order valence-electron chi connectivity index (χ4n) is 6.01. The molecule has 0 radical (unpaired) electrons. The topological polar surface area (TPSA) is 89.9 Å². The van der Waals surface area contributed by atoms with Crippen LogP contribution in [0.15, 0.2) is 36.5 Å². The zero-order valence-corrected chi connectivity index (χ0v) is 24.6. The van der Waals surface area contributed by atoms with Gasteiger partial charge in [-0.1, -0.05) is 11.6 Å². The van der Waals surface area contributed by atoms with Crippen LogP contribution in [0, 0.1) is 17.6 Å². The standard InChI is InChI=1S/C31H33ClF3N3O5/c1-37-15-24(23-8-5-19(33)12-28(23)37)30(40)36-27-13-26(35)18(9-25(27)32)10-29(39)38-14-20(34)11-21(38)16-43-22-6-3-17(4-7-22)31(41)42-2/h5,8-9,12-13,15,17,20-22H,3-4,6-7,10-11,14,16H2,1-2H3,(H,36,40)/t17-,20-,21-,22-/m0/s1. The van der Waals surface area contributed by atoms with Crippen molar-refractivity contribution in [2.24, 2.45) is 13.0 Å². The average molecular weight is 620 g/mol. The number of carbonyl (C=O) groups excluding carboxylic acids is 3. The molecule has 2 heterocycles. The minimum absolute atomic E-state index is 0.0109. The van der Waals surface area contributed by atoms with Crippen molar-refractivity contribution in [1.82, 2.24) is 9.47 Å². The van der Waals surface area contributed by atoms with Crippen LogP contribution in [-0.2, 0) is 32.5 Å². The second kappa shape index (κ2) is 13.0. The van der Waals surface area contributed by atoms with E-state index >= 15 is 4.39 Å². The summed E-state index contributed by atoms with van der Waals surface area (Å²) in [7, 11) is 3.05. The fraction of sp³-hybridized carbons (Fsp3) is 0.452. The smallest absolute Gasteiger partial charge is 0.308 e. The van der Waals surface area contributed by atoms with Crippen molar-refractivity contribution in [2.75, 3.05) is 25.6 Å². The number of aryl methyl sites for hydroxylation is 1. The van der Waals surface area contributed by atoms with E-state index in [1.165, 1.54) is 36.3 Å². The highest BCUT2D eigenvalue weighted by Gasteiger charge is 2.37. The summed E-state index contributed by atoms with van der Waals surface area (Å²) in [6.07, 6.45) is 2.65. The number of ether oxygens (including phenoxy) is 2. The van der Waals surface area contributed by atoms with Gasteiger partial charge in [-0.2, -0.15) is 0 Å². The molecule has 2 amide bonds. The van der Waals surface area contributed by atoms with Crippen LogP contribution in [0.3, 0.4) is 0 Å². The number of halogens is 4. The zero-order chi connectivity index (χ0) is 30.8. The van der Waals surface area contributed by atoms with Crippen LogP contribution in [-0.4, -0.2) is 65.8 Å². The highest BCUT2D eigenvalue weighted by Crippen LogP contribution is 2.31. The Balaban J connectivity index is 1.21. The number of hydrogen-bond donors (Lipinski definition) is 1. The van der Waals surface area contributed by atoms with E-state index < -0.39 is 35.7 Å². The van der Waals surface area contributed by atoms with Crippen LogP contribution in [0.4, 0.5) is 18.9 Å². The van der Waals surface area contributed by atoms with Gasteiger partial charge >= 0.3 is 5.97 Å². The Labute approximate surface area is 252 Å². The molecule has 230 valence electrons. The summed E-state index contributed by atoms with van der Waals surface area (Å²) in [5.74, 6) is -2.58. The molecule has 5 rings (SSSR count). The monoisotopic (exact) mass is 619 g/mol. The second-order valence-electron chi connectivity index (χ2n) is 11.2. The van der Waals surface area contributed by atoms with Gasteiger partial charge in [0, 0.05) is 25.1 Å². The first-order valence-corrected chi connectivity index (χ1v) is 14.6. The van der Waals surface area contributed by atoms with E-state index in [9.17, 15) is 23.2 Å². The summed E-state index contributed by atoms with van der Waals surface area (Å²) >= 11 is 6.38. The molecule has 2 aromatic carbocycles. The number of nitrogens with one attached hydrogen (secondary N) is 1. The molecule has 1 aliphatic heterocycles. The van der Waals surface area contributed by atoms with Crippen molar-refractivity contribution >= 4 is 46.0 Å². The van der Waals surface area contributed by atoms with Crippen LogP contribution in [0.5, 0.6) is 0 Å². The first kappa shape index (κ1) is 30.9. The van der Waals surface area contributed by atoms with E-state index in [1.54, 1.807) is 17.8 Å². The Morgan fingerprint density at radius 1 is 1.09 bits per heavy atom. The van der Waals surface area contributed by atoms with Gasteiger partial charge in [0.2, 0.25) is 5.91 Å². The lowest BCUT2D eigenvalue weighted by Crippen LogP contribution is -2.40. The molecule has 1 aromatic heterocycles. The van der Waals surface area contributed by atoms with Gasteiger partial charge in [-0.05, 0) is 61.6 Å². The normalized spacial score (nSPS) is 22.1. The minimum atomic E-state index is -1.22. The fourth-order valence-corrected chi connectivity index (χ4v) is 6.25.